The predicted octanol–water partition coefficient (Wildman–Crippen LogP) is 0.200. The molecule has 6 nitrogen and oxygen atoms in total. The van der Waals surface area contributed by atoms with Crippen LogP contribution in [-0.2, 0) is 4.79 Å². The zero-order valence-corrected chi connectivity index (χ0v) is 11.5. The highest BCUT2D eigenvalue weighted by Crippen LogP contribution is 2.35. The van der Waals surface area contributed by atoms with E-state index in [1.165, 1.54) is 0 Å². The molecule has 1 aliphatic rings. The Kier molecular flexibility index (Phi) is 5.19. The van der Waals surface area contributed by atoms with E-state index in [9.17, 15) is 9.59 Å². The van der Waals surface area contributed by atoms with Gasteiger partial charge >= 0.3 is 12.0 Å². The van der Waals surface area contributed by atoms with E-state index in [4.69, 9.17) is 11.5 Å². The molecule has 0 saturated heterocycles. The third-order valence-electron chi connectivity index (χ3n) is 3.70. The number of urea groups is 1. The fraction of sp³-hybridized carbons (Fsp3) is 0.692. The zero-order valence-electron chi connectivity index (χ0n) is 11.5. The first-order chi connectivity index (χ1) is 8.91. The van der Waals surface area contributed by atoms with Gasteiger partial charge in [0.2, 0.25) is 0 Å². The quantitative estimate of drug-likeness (QED) is 0.674. The Bertz CT molecular complexity index is 383. The lowest BCUT2D eigenvalue weighted by Gasteiger charge is -2.47. The molecule has 2 amide bonds. The van der Waals surface area contributed by atoms with Crippen molar-refractivity contribution in [2.24, 2.45) is 0 Å². The molecule has 1 rings (SSSR count). The third kappa shape index (κ3) is 3.86. The molecule has 0 atom stereocenters. The topological polar surface area (TPSA) is 72.9 Å². The molecule has 1 saturated carbocycles. The zero-order chi connectivity index (χ0) is 14.5. The van der Waals surface area contributed by atoms with Gasteiger partial charge in [-0.15, -0.1) is 6.42 Å². The normalized spacial score (nSPS) is 16.3. The Balaban J connectivity index is 2.52. The maximum Gasteiger partial charge on any atom is 0.323 e. The minimum Gasteiger partial charge on any atom is -0.480 e. The smallest absolute Gasteiger partial charge is 0.323 e. The van der Waals surface area contributed by atoms with E-state index in [1.54, 1.807) is 0 Å². The number of carbonyl (C=O) groups excluding carboxylic acids is 1. The maximum atomic E-state index is 11.9. The third-order valence-corrected chi connectivity index (χ3v) is 3.70. The number of likely N-dealkylation sites (N-methyl/N-ethyl adjacent to an activating group) is 1. The van der Waals surface area contributed by atoms with Crippen molar-refractivity contribution in [2.75, 3.05) is 33.7 Å². The van der Waals surface area contributed by atoms with E-state index in [0.29, 0.717) is 6.54 Å². The predicted molar refractivity (Wildman–Crippen MR) is 71.7 cm³/mol. The molecule has 0 aromatic heterocycles. The average molecular weight is 267 g/mol. The van der Waals surface area contributed by atoms with E-state index in [-0.39, 0.29) is 18.6 Å². The van der Waals surface area contributed by atoms with Crippen molar-refractivity contribution in [1.29, 1.82) is 0 Å². The van der Waals surface area contributed by atoms with Gasteiger partial charge in [-0.1, -0.05) is 5.92 Å². The Morgan fingerprint density at radius 2 is 2.05 bits per heavy atom. The first-order valence-corrected chi connectivity index (χ1v) is 6.27. The first-order valence-electron chi connectivity index (χ1n) is 6.27. The number of carboxylic acid groups (broad SMARTS) is 1. The Morgan fingerprint density at radius 1 is 1.42 bits per heavy atom. The molecule has 19 heavy (non-hydrogen) atoms. The van der Waals surface area contributed by atoms with E-state index in [1.807, 2.05) is 14.1 Å². The summed E-state index contributed by atoms with van der Waals surface area (Å²) in [7, 11) is 3.98. The van der Waals surface area contributed by atoms with Crippen LogP contribution in [0, 0.1) is 12.3 Å². The molecule has 0 unspecified atom stereocenters. The van der Waals surface area contributed by atoms with Crippen LogP contribution in [0.3, 0.4) is 0 Å². The summed E-state index contributed by atoms with van der Waals surface area (Å²) < 4.78 is 0. The van der Waals surface area contributed by atoms with E-state index >= 15 is 0 Å². The summed E-state index contributed by atoms with van der Waals surface area (Å²) in [5.41, 5.74) is 0.000691. The lowest BCUT2D eigenvalue weighted by Crippen LogP contribution is -2.58. The number of hydrogen-bond donors (Lipinski definition) is 2. The molecule has 0 bridgehead atoms. The van der Waals surface area contributed by atoms with E-state index in [2.05, 4.69) is 16.1 Å². The van der Waals surface area contributed by atoms with Gasteiger partial charge in [0.05, 0.1) is 6.54 Å². The largest absolute Gasteiger partial charge is 0.480 e. The first kappa shape index (κ1) is 15.3. The van der Waals surface area contributed by atoms with Crippen molar-refractivity contribution >= 4 is 12.0 Å². The van der Waals surface area contributed by atoms with Crippen LogP contribution in [0.2, 0.25) is 0 Å². The van der Waals surface area contributed by atoms with Gasteiger partial charge in [-0.2, -0.15) is 0 Å². The van der Waals surface area contributed by atoms with Crippen LogP contribution in [0.1, 0.15) is 19.3 Å². The second kappa shape index (κ2) is 6.43. The number of nitrogens with zero attached hydrogens (tertiary/aromatic N) is 2. The van der Waals surface area contributed by atoms with Crippen LogP contribution < -0.4 is 5.32 Å². The molecular weight excluding hydrogens is 246 g/mol. The molecular formula is C13H21N3O3. The van der Waals surface area contributed by atoms with Crippen molar-refractivity contribution in [1.82, 2.24) is 15.1 Å². The molecule has 1 fully saturated rings. The van der Waals surface area contributed by atoms with Gasteiger partial charge in [-0.25, -0.2) is 4.79 Å². The number of rotatable bonds is 6. The molecule has 6 heteroatoms. The number of terminal acetylenes is 1. The fourth-order valence-corrected chi connectivity index (χ4v) is 2.19. The fourth-order valence-electron chi connectivity index (χ4n) is 2.19. The van der Waals surface area contributed by atoms with Crippen molar-refractivity contribution < 1.29 is 14.7 Å². The molecule has 1 aliphatic carbocycles. The second-order valence-corrected chi connectivity index (χ2v) is 5.08. The number of aliphatic carboxylic acids is 1. The van der Waals surface area contributed by atoms with Crippen LogP contribution in [0.4, 0.5) is 4.79 Å². The van der Waals surface area contributed by atoms with Crippen LogP contribution in [0.25, 0.3) is 0 Å². The Hall–Kier alpha value is -1.74. The molecule has 106 valence electrons. The minimum absolute atomic E-state index is 0.000691. The summed E-state index contributed by atoms with van der Waals surface area (Å²) in [5, 5.41) is 11.5. The highest BCUT2D eigenvalue weighted by atomic mass is 16.4. The van der Waals surface area contributed by atoms with Gasteiger partial charge in [-0.3, -0.25) is 4.79 Å². The summed E-state index contributed by atoms with van der Waals surface area (Å²) in [5.74, 6) is 1.22. The lowest BCUT2D eigenvalue weighted by molar-refractivity contribution is -0.137. The average Bonchev–Trinajstić information content (AvgIpc) is 2.25. The van der Waals surface area contributed by atoms with Gasteiger partial charge < -0.3 is 20.2 Å². The van der Waals surface area contributed by atoms with Gasteiger partial charge in [0.1, 0.15) is 6.54 Å². The monoisotopic (exact) mass is 267 g/mol. The molecule has 2 N–H and O–H groups in total. The van der Waals surface area contributed by atoms with Gasteiger partial charge in [0, 0.05) is 12.1 Å². The molecule has 0 spiro atoms. The summed E-state index contributed by atoms with van der Waals surface area (Å²) in [6.45, 7) is 0.123. The van der Waals surface area contributed by atoms with Crippen molar-refractivity contribution in [3.05, 3.63) is 0 Å². The summed E-state index contributed by atoms with van der Waals surface area (Å²) >= 11 is 0. The van der Waals surface area contributed by atoms with Crippen molar-refractivity contribution in [3.63, 3.8) is 0 Å². The molecule has 0 radical (unpaired) electrons. The summed E-state index contributed by atoms with van der Waals surface area (Å²) in [6, 6.07) is -0.423. The number of hydrogen-bond acceptors (Lipinski definition) is 3. The standard InChI is InChI=1S/C13H21N3O3/c1-4-8-16(9-11(17)18)12(19)14-10-13(15(2)3)6-5-7-13/h1H,5-10H2,2-3H3,(H,14,19)(H,17,18). The number of amides is 2. The highest BCUT2D eigenvalue weighted by Gasteiger charge is 2.39. The minimum atomic E-state index is -1.07. The lowest BCUT2D eigenvalue weighted by atomic mass is 9.75. The second-order valence-electron chi connectivity index (χ2n) is 5.08. The van der Waals surface area contributed by atoms with Crippen LogP contribution in [-0.4, -0.2) is 66.2 Å². The number of nitrogens with one attached hydrogen (secondary N) is 1. The van der Waals surface area contributed by atoms with Crippen LogP contribution in [0.15, 0.2) is 0 Å². The number of carboxylic acids is 1. The van der Waals surface area contributed by atoms with Gasteiger partial charge in [0.15, 0.2) is 0 Å². The highest BCUT2D eigenvalue weighted by molar-refractivity contribution is 5.80. The number of carbonyl (C=O) groups is 2. The van der Waals surface area contributed by atoms with E-state index < -0.39 is 12.0 Å². The summed E-state index contributed by atoms with van der Waals surface area (Å²) in [4.78, 5) is 25.8. The van der Waals surface area contributed by atoms with Crippen LogP contribution in [0.5, 0.6) is 0 Å². The summed E-state index contributed by atoms with van der Waals surface area (Å²) in [6.07, 6.45) is 8.36. The SMILES string of the molecule is C#CCN(CC(=O)O)C(=O)NCC1(N(C)C)CCC1. The Labute approximate surface area is 113 Å². The van der Waals surface area contributed by atoms with E-state index in [0.717, 1.165) is 24.2 Å². The Morgan fingerprint density at radius 3 is 2.42 bits per heavy atom. The van der Waals surface area contributed by atoms with Crippen molar-refractivity contribution in [2.45, 2.75) is 24.8 Å². The maximum absolute atomic E-state index is 11.9. The van der Waals surface area contributed by atoms with Gasteiger partial charge in [0.25, 0.3) is 0 Å². The molecule has 0 aliphatic heterocycles. The van der Waals surface area contributed by atoms with Gasteiger partial charge in [-0.05, 0) is 33.4 Å². The molecule has 0 aromatic carbocycles. The molecule has 0 aromatic rings. The van der Waals surface area contributed by atoms with Crippen LogP contribution >= 0.6 is 0 Å². The van der Waals surface area contributed by atoms with Crippen molar-refractivity contribution in [3.8, 4) is 12.3 Å². The molecule has 0 heterocycles.